The molecule has 31 heavy (non-hydrogen) atoms. The molecule has 0 heterocycles. The van der Waals surface area contributed by atoms with E-state index >= 15 is 0 Å². The fraction of sp³-hybridized carbons (Fsp3) is 0.619. The first-order chi connectivity index (χ1) is 14.1. The molecule has 0 fully saturated rings. The van der Waals surface area contributed by atoms with Crippen LogP contribution in [0.4, 0.5) is 4.79 Å². The molecule has 0 saturated heterocycles. The summed E-state index contributed by atoms with van der Waals surface area (Å²) < 4.78 is 29.6. The predicted molar refractivity (Wildman–Crippen MR) is 137 cm³/mol. The topological polar surface area (TPSA) is 109 Å². The van der Waals surface area contributed by atoms with Crippen molar-refractivity contribution in [3.05, 3.63) is 35.9 Å². The smallest absolute Gasteiger partial charge is 0.407 e. The first-order valence-electron chi connectivity index (χ1n) is 10.3. The lowest BCUT2D eigenvalue weighted by Gasteiger charge is -2.19. The molecule has 0 bridgehead atoms. The largest absolute Gasteiger partial charge is 0.444 e. The fourth-order valence-corrected chi connectivity index (χ4v) is 3.94. The van der Waals surface area contributed by atoms with Gasteiger partial charge in [-0.25, -0.2) is 13.2 Å². The van der Waals surface area contributed by atoms with Gasteiger partial charge in [0, 0.05) is 26.2 Å². The first kappa shape index (κ1) is 29.4. The van der Waals surface area contributed by atoms with Crippen molar-refractivity contribution in [1.82, 2.24) is 16.0 Å². The predicted octanol–water partition coefficient (Wildman–Crippen LogP) is 3.08. The van der Waals surface area contributed by atoms with Crippen LogP contribution in [0, 0.1) is 0 Å². The van der Waals surface area contributed by atoms with Crippen molar-refractivity contribution in [2.75, 3.05) is 31.9 Å². The van der Waals surface area contributed by atoms with Gasteiger partial charge in [0.05, 0.1) is 11.5 Å². The van der Waals surface area contributed by atoms with E-state index in [1.54, 1.807) is 0 Å². The summed E-state index contributed by atoms with van der Waals surface area (Å²) in [4.78, 5) is 16.0. The number of sulfone groups is 1. The van der Waals surface area contributed by atoms with Crippen molar-refractivity contribution >= 4 is 45.9 Å². The van der Waals surface area contributed by atoms with Crippen LogP contribution in [0.1, 0.15) is 46.1 Å². The van der Waals surface area contributed by atoms with Crippen molar-refractivity contribution < 1.29 is 17.9 Å². The van der Waals surface area contributed by atoms with E-state index in [0.717, 1.165) is 5.56 Å². The van der Waals surface area contributed by atoms with E-state index in [-0.39, 0.29) is 35.5 Å². The summed E-state index contributed by atoms with van der Waals surface area (Å²) in [6.07, 6.45) is 0.731. The third kappa shape index (κ3) is 15.8. The number of ether oxygens (including phenoxy) is 1. The highest BCUT2D eigenvalue weighted by atomic mass is 127. The number of rotatable bonds is 11. The Hall–Kier alpha value is -1.56. The zero-order valence-corrected chi connectivity index (χ0v) is 22.1. The summed E-state index contributed by atoms with van der Waals surface area (Å²) in [6.45, 7) is 9.62. The van der Waals surface area contributed by atoms with Crippen molar-refractivity contribution in [3.8, 4) is 0 Å². The summed E-state index contributed by atoms with van der Waals surface area (Å²) in [5.41, 5.74) is 0.291. The number of guanidine groups is 1. The standard InChI is InChI=1S/C21H36N4O4S.HI/c1-5-22-19(23-13-9-14-25-20(26)29-21(2,3)4)24-15-10-16-30(27,28)17-18-11-7-6-8-12-18;/h6-8,11-12H,5,9-10,13-17H2,1-4H3,(H,25,26)(H2,22,23,24);1H. The van der Waals surface area contributed by atoms with Gasteiger partial charge >= 0.3 is 6.09 Å². The molecule has 0 aliphatic carbocycles. The number of carbonyl (C=O) groups is 1. The summed E-state index contributed by atoms with van der Waals surface area (Å²) in [7, 11) is -3.14. The first-order valence-corrected chi connectivity index (χ1v) is 12.2. The van der Waals surface area contributed by atoms with E-state index in [2.05, 4.69) is 20.9 Å². The van der Waals surface area contributed by atoms with Crippen LogP contribution in [0.3, 0.4) is 0 Å². The zero-order valence-electron chi connectivity index (χ0n) is 18.9. The second-order valence-corrected chi connectivity index (χ2v) is 10.1. The number of aliphatic imine (C=N–C) groups is 1. The van der Waals surface area contributed by atoms with E-state index in [0.29, 0.717) is 45.0 Å². The Labute approximate surface area is 203 Å². The lowest BCUT2D eigenvalue weighted by Crippen LogP contribution is -2.38. The molecule has 10 heteroatoms. The number of halogens is 1. The second-order valence-electron chi connectivity index (χ2n) is 7.90. The van der Waals surface area contributed by atoms with Crippen LogP contribution in [0.2, 0.25) is 0 Å². The molecule has 3 N–H and O–H groups in total. The molecule has 0 unspecified atom stereocenters. The minimum Gasteiger partial charge on any atom is -0.444 e. The Bertz CT molecular complexity index is 765. The van der Waals surface area contributed by atoms with Crippen LogP contribution in [0.5, 0.6) is 0 Å². The molecule has 0 aliphatic rings. The fourth-order valence-electron chi connectivity index (χ4n) is 2.52. The van der Waals surface area contributed by atoms with Crippen LogP contribution in [-0.4, -0.2) is 58.0 Å². The van der Waals surface area contributed by atoms with E-state index in [9.17, 15) is 13.2 Å². The van der Waals surface area contributed by atoms with Gasteiger partial charge in [-0.2, -0.15) is 0 Å². The number of hydrogen-bond acceptors (Lipinski definition) is 5. The molecule has 0 atom stereocenters. The maximum absolute atomic E-state index is 12.2. The lowest BCUT2D eigenvalue weighted by atomic mass is 10.2. The molecule has 0 aromatic heterocycles. The van der Waals surface area contributed by atoms with Crippen LogP contribution in [0.15, 0.2) is 35.3 Å². The molecule has 178 valence electrons. The van der Waals surface area contributed by atoms with Gasteiger partial charge in [0.15, 0.2) is 15.8 Å². The van der Waals surface area contributed by atoms with Crippen molar-refractivity contribution in [2.45, 2.75) is 51.9 Å². The molecule has 0 saturated carbocycles. The normalized spacial score (nSPS) is 11.9. The Kier molecular flexibility index (Phi) is 14.5. The van der Waals surface area contributed by atoms with Crippen LogP contribution < -0.4 is 16.0 Å². The number of benzene rings is 1. The molecule has 1 aromatic carbocycles. The SMILES string of the molecule is CCNC(=NCCCNC(=O)OC(C)(C)C)NCCCS(=O)(=O)Cc1ccccc1.I. The van der Waals surface area contributed by atoms with Crippen LogP contribution in [0.25, 0.3) is 0 Å². The highest BCUT2D eigenvalue weighted by molar-refractivity contribution is 14.0. The highest BCUT2D eigenvalue weighted by Gasteiger charge is 2.15. The van der Waals surface area contributed by atoms with E-state index in [4.69, 9.17) is 4.74 Å². The molecule has 1 amide bonds. The summed E-state index contributed by atoms with van der Waals surface area (Å²) in [5, 5.41) is 8.97. The van der Waals surface area contributed by atoms with Gasteiger partial charge in [-0.3, -0.25) is 4.99 Å². The quantitative estimate of drug-likeness (QED) is 0.164. The molecular formula is C21H37IN4O4S. The average molecular weight is 569 g/mol. The van der Waals surface area contributed by atoms with Gasteiger partial charge in [-0.05, 0) is 46.1 Å². The van der Waals surface area contributed by atoms with Gasteiger partial charge in [-0.1, -0.05) is 30.3 Å². The van der Waals surface area contributed by atoms with Gasteiger partial charge in [0.1, 0.15) is 5.60 Å². The van der Waals surface area contributed by atoms with Crippen LogP contribution >= 0.6 is 24.0 Å². The number of alkyl carbamates (subject to hydrolysis) is 1. The second kappa shape index (κ2) is 15.3. The van der Waals surface area contributed by atoms with Gasteiger partial charge in [-0.15, -0.1) is 24.0 Å². The van der Waals surface area contributed by atoms with Crippen molar-refractivity contribution in [1.29, 1.82) is 0 Å². The third-order valence-corrected chi connectivity index (χ3v) is 5.46. The maximum Gasteiger partial charge on any atom is 0.407 e. The van der Waals surface area contributed by atoms with E-state index < -0.39 is 21.5 Å². The molecular weight excluding hydrogens is 531 g/mol. The number of nitrogens with one attached hydrogen (secondary N) is 3. The van der Waals surface area contributed by atoms with Gasteiger partial charge < -0.3 is 20.7 Å². The third-order valence-electron chi connectivity index (χ3n) is 3.77. The maximum atomic E-state index is 12.2. The number of carbonyl (C=O) groups excluding carboxylic acids is 1. The molecule has 0 spiro atoms. The van der Waals surface area contributed by atoms with Gasteiger partial charge in [0.2, 0.25) is 0 Å². The van der Waals surface area contributed by atoms with E-state index in [1.807, 2.05) is 58.0 Å². The number of hydrogen-bond donors (Lipinski definition) is 3. The minimum absolute atomic E-state index is 0. The molecule has 0 aliphatic heterocycles. The average Bonchev–Trinajstić information content (AvgIpc) is 2.63. The Morgan fingerprint density at radius 2 is 1.68 bits per heavy atom. The Morgan fingerprint density at radius 1 is 1.03 bits per heavy atom. The summed E-state index contributed by atoms with van der Waals surface area (Å²) in [5.74, 6) is 0.816. The molecule has 1 rings (SSSR count). The Balaban J connectivity index is 0.00000900. The monoisotopic (exact) mass is 568 g/mol. The molecule has 1 aromatic rings. The summed E-state index contributed by atoms with van der Waals surface area (Å²) in [6, 6.07) is 9.20. The highest BCUT2D eigenvalue weighted by Crippen LogP contribution is 2.07. The summed E-state index contributed by atoms with van der Waals surface area (Å²) >= 11 is 0. The number of amides is 1. The molecule has 8 nitrogen and oxygen atoms in total. The van der Waals surface area contributed by atoms with Crippen molar-refractivity contribution in [2.24, 2.45) is 4.99 Å². The van der Waals surface area contributed by atoms with Crippen molar-refractivity contribution in [3.63, 3.8) is 0 Å². The molecule has 0 radical (unpaired) electrons. The lowest BCUT2D eigenvalue weighted by molar-refractivity contribution is 0.0527. The zero-order chi connectivity index (χ0) is 22.5. The van der Waals surface area contributed by atoms with Crippen LogP contribution in [-0.2, 0) is 20.3 Å². The van der Waals surface area contributed by atoms with Gasteiger partial charge in [0.25, 0.3) is 0 Å². The van der Waals surface area contributed by atoms with E-state index in [1.165, 1.54) is 0 Å². The minimum atomic E-state index is -3.14. The number of nitrogens with zero attached hydrogens (tertiary/aromatic N) is 1. The Morgan fingerprint density at radius 3 is 2.29 bits per heavy atom.